The Morgan fingerprint density at radius 2 is 2.10 bits per heavy atom. The summed E-state index contributed by atoms with van der Waals surface area (Å²) < 4.78 is 2.01. The zero-order chi connectivity index (χ0) is 7.82. The number of imidazole rings is 1. The summed E-state index contributed by atoms with van der Waals surface area (Å²) in [5.41, 5.74) is 4.85. The molecular formula is C7H15N3. The van der Waals surface area contributed by atoms with Crippen molar-refractivity contribution in [1.29, 1.82) is 0 Å². The van der Waals surface area contributed by atoms with E-state index in [2.05, 4.69) is 11.9 Å². The van der Waals surface area contributed by atoms with Gasteiger partial charge in [-0.3, -0.25) is 0 Å². The molecule has 3 heteroatoms. The molecule has 1 aromatic heterocycles. The van der Waals surface area contributed by atoms with Crippen molar-refractivity contribution in [3.8, 4) is 0 Å². The van der Waals surface area contributed by atoms with Crippen molar-refractivity contribution in [2.45, 2.75) is 20.4 Å². The molecule has 0 amide bonds. The van der Waals surface area contributed by atoms with Crippen LogP contribution in [0, 0.1) is 0 Å². The minimum absolute atomic E-state index is 0.750. The smallest absolute Gasteiger partial charge is 0.0945 e. The predicted octanol–water partition coefficient (Wildman–Crippen LogP) is 0.868. The first-order chi connectivity index (χ1) is 4.85. The summed E-state index contributed by atoms with van der Waals surface area (Å²) in [4.78, 5) is 3.86. The van der Waals surface area contributed by atoms with Crippen molar-refractivity contribution < 1.29 is 0 Å². The molecule has 0 atom stereocenters. The maximum atomic E-state index is 4.85. The van der Waals surface area contributed by atoms with E-state index in [9.17, 15) is 0 Å². The number of aryl methyl sites for hydroxylation is 1. The van der Waals surface area contributed by atoms with Crippen LogP contribution in [0.3, 0.4) is 0 Å². The van der Waals surface area contributed by atoms with Gasteiger partial charge in [-0.15, -0.1) is 0 Å². The van der Waals surface area contributed by atoms with Crippen molar-refractivity contribution in [1.82, 2.24) is 9.55 Å². The van der Waals surface area contributed by atoms with E-state index in [-0.39, 0.29) is 0 Å². The molecule has 3 nitrogen and oxygen atoms in total. The molecule has 10 heavy (non-hydrogen) atoms. The number of hydrogen-bond donors (Lipinski definition) is 1. The van der Waals surface area contributed by atoms with E-state index in [1.165, 1.54) is 0 Å². The highest BCUT2D eigenvalue weighted by atomic mass is 15.0. The summed E-state index contributed by atoms with van der Waals surface area (Å²) in [6.45, 7) is 5.75. The van der Waals surface area contributed by atoms with Crippen LogP contribution in [0.15, 0.2) is 18.7 Å². The van der Waals surface area contributed by atoms with Crippen LogP contribution in [-0.2, 0) is 6.54 Å². The maximum Gasteiger partial charge on any atom is 0.0945 e. The molecule has 1 heterocycles. The van der Waals surface area contributed by atoms with Crippen molar-refractivity contribution in [2.24, 2.45) is 5.73 Å². The van der Waals surface area contributed by atoms with Crippen LogP contribution in [0.2, 0.25) is 0 Å². The molecule has 1 rings (SSSR count). The normalized spacial score (nSPS) is 8.30. The van der Waals surface area contributed by atoms with Gasteiger partial charge in [-0.25, -0.2) is 4.98 Å². The van der Waals surface area contributed by atoms with Crippen molar-refractivity contribution in [2.75, 3.05) is 6.54 Å². The second kappa shape index (κ2) is 6.29. The number of aromatic nitrogens is 2. The van der Waals surface area contributed by atoms with Gasteiger partial charge < -0.3 is 10.3 Å². The van der Waals surface area contributed by atoms with E-state index >= 15 is 0 Å². The van der Waals surface area contributed by atoms with Gasteiger partial charge in [0, 0.05) is 18.9 Å². The molecule has 0 unspecified atom stereocenters. The van der Waals surface area contributed by atoms with Gasteiger partial charge in [0.15, 0.2) is 0 Å². The third-order valence-corrected chi connectivity index (χ3v) is 0.924. The molecule has 0 aliphatic rings. The minimum atomic E-state index is 0.750. The highest BCUT2D eigenvalue weighted by Gasteiger charge is 1.77. The summed E-state index contributed by atoms with van der Waals surface area (Å²) in [5.74, 6) is 0. The van der Waals surface area contributed by atoms with Gasteiger partial charge in [-0.1, -0.05) is 6.92 Å². The van der Waals surface area contributed by atoms with E-state index in [1.807, 2.05) is 17.7 Å². The van der Waals surface area contributed by atoms with E-state index in [4.69, 9.17) is 5.73 Å². The molecule has 2 N–H and O–H groups in total. The van der Waals surface area contributed by atoms with Crippen LogP contribution in [0.5, 0.6) is 0 Å². The highest BCUT2D eigenvalue weighted by molar-refractivity contribution is 4.72. The fraction of sp³-hybridized carbons (Fsp3) is 0.571. The Morgan fingerprint density at radius 1 is 1.50 bits per heavy atom. The second-order valence-corrected chi connectivity index (χ2v) is 1.80. The Morgan fingerprint density at radius 3 is 2.30 bits per heavy atom. The van der Waals surface area contributed by atoms with E-state index in [0.29, 0.717) is 0 Å². The SMILES string of the molecule is CCN.CCn1ccnc1. The molecular weight excluding hydrogens is 126 g/mol. The maximum absolute atomic E-state index is 4.85. The minimum Gasteiger partial charge on any atom is -0.338 e. The lowest BCUT2D eigenvalue weighted by Crippen LogP contribution is -1.87. The highest BCUT2D eigenvalue weighted by Crippen LogP contribution is 1.81. The third kappa shape index (κ3) is 4.09. The quantitative estimate of drug-likeness (QED) is 0.630. The van der Waals surface area contributed by atoms with Gasteiger partial charge >= 0.3 is 0 Å². The topological polar surface area (TPSA) is 43.8 Å². The average molecular weight is 141 g/mol. The molecule has 0 aliphatic heterocycles. The van der Waals surface area contributed by atoms with Crippen molar-refractivity contribution >= 4 is 0 Å². The molecule has 0 bridgehead atoms. The van der Waals surface area contributed by atoms with Gasteiger partial charge in [0.05, 0.1) is 6.33 Å². The first-order valence-corrected chi connectivity index (χ1v) is 3.50. The summed E-state index contributed by atoms with van der Waals surface area (Å²) in [5, 5.41) is 0. The van der Waals surface area contributed by atoms with Gasteiger partial charge in [-0.2, -0.15) is 0 Å². The Kier molecular flexibility index (Phi) is 5.77. The fourth-order valence-electron chi connectivity index (χ4n) is 0.474. The van der Waals surface area contributed by atoms with Crippen molar-refractivity contribution in [3.63, 3.8) is 0 Å². The first kappa shape index (κ1) is 9.17. The molecule has 58 valence electrons. The number of rotatable bonds is 1. The standard InChI is InChI=1S/C5H8N2.C2H7N/c1-2-7-4-3-6-5-7;1-2-3/h3-5H,2H2,1H3;2-3H2,1H3. The fourth-order valence-corrected chi connectivity index (χ4v) is 0.474. The van der Waals surface area contributed by atoms with Crippen LogP contribution in [0.1, 0.15) is 13.8 Å². The summed E-state index contributed by atoms with van der Waals surface area (Å²) >= 11 is 0. The Labute approximate surface area is 61.9 Å². The summed E-state index contributed by atoms with van der Waals surface area (Å²) in [6, 6.07) is 0. The largest absolute Gasteiger partial charge is 0.338 e. The average Bonchev–Trinajstić information content (AvgIpc) is 2.39. The Hall–Kier alpha value is -0.830. The summed E-state index contributed by atoms with van der Waals surface area (Å²) in [6.07, 6.45) is 5.53. The van der Waals surface area contributed by atoms with Gasteiger partial charge in [0.25, 0.3) is 0 Å². The van der Waals surface area contributed by atoms with E-state index < -0.39 is 0 Å². The number of nitrogens with zero attached hydrogens (tertiary/aromatic N) is 2. The van der Waals surface area contributed by atoms with E-state index in [1.54, 1.807) is 12.5 Å². The Balaban J connectivity index is 0.000000236. The Bertz CT molecular complexity index is 135. The molecule has 0 aliphatic carbocycles. The molecule has 1 aromatic rings. The van der Waals surface area contributed by atoms with Crippen LogP contribution >= 0.6 is 0 Å². The lowest BCUT2D eigenvalue weighted by molar-refractivity contribution is 0.761. The molecule has 0 radical (unpaired) electrons. The zero-order valence-corrected chi connectivity index (χ0v) is 6.62. The molecule has 0 fully saturated rings. The van der Waals surface area contributed by atoms with Gasteiger partial charge in [0.1, 0.15) is 0 Å². The molecule has 0 spiro atoms. The molecule has 0 saturated carbocycles. The second-order valence-electron chi connectivity index (χ2n) is 1.80. The van der Waals surface area contributed by atoms with Crippen molar-refractivity contribution in [3.05, 3.63) is 18.7 Å². The zero-order valence-electron chi connectivity index (χ0n) is 6.62. The predicted molar refractivity (Wildman–Crippen MR) is 42.6 cm³/mol. The first-order valence-electron chi connectivity index (χ1n) is 3.50. The van der Waals surface area contributed by atoms with Gasteiger partial charge in [-0.05, 0) is 13.5 Å². The summed E-state index contributed by atoms with van der Waals surface area (Å²) in [7, 11) is 0. The number of nitrogens with two attached hydrogens (primary N) is 1. The van der Waals surface area contributed by atoms with Crippen LogP contribution in [0.25, 0.3) is 0 Å². The van der Waals surface area contributed by atoms with Gasteiger partial charge in [0.2, 0.25) is 0 Å². The van der Waals surface area contributed by atoms with Crippen LogP contribution in [-0.4, -0.2) is 16.1 Å². The molecule has 0 saturated heterocycles. The lowest BCUT2D eigenvalue weighted by atomic mass is 10.7. The number of hydrogen-bond acceptors (Lipinski definition) is 2. The lowest BCUT2D eigenvalue weighted by Gasteiger charge is -1.87. The van der Waals surface area contributed by atoms with Crippen LogP contribution < -0.4 is 5.73 Å². The van der Waals surface area contributed by atoms with E-state index in [0.717, 1.165) is 13.1 Å². The third-order valence-electron chi connectivity index (χ3n) is 0.924. The van der Waals surface area contributed by atoms with Crippen LogP contribution in [0.4, 0.5) is 0 Å². The molecule has 0 aromatic carbocycles. The monoisotopic (exact) mass is 141 g/mol.